The average Bonchev–Trinajstić information content (AvgIpc) is 3.32. The number of carbonyl (C=O) groups excluding carboxylic acids is 1. The van der Waals surface area contributed by atoms with Crippen LogP contribution in [0.3, 0.4) is 0 Å². The van der Waals surface area contributed by atoms with E-state index in [1.54, 1.807) is 6.20 Å². The van der Waals surface area contributed by atoms with Gasteiger partial charge in [-0.25, -0.2) is 4.98 Å². The van der Waals surface area contributed by atoms with Crippen LogP contribution in [0.15, 0.2) is 24.4 Å². The Labute approximate surface area is 150 Å². The molecular formula is C18H21N3O3S. The molecule has 4 rings (SSSR count). The molecule has 0 radical (unpaired) electrons. The van der Waals surface area contributed by atoms with Crippen molar-refractivity contribution < 1.29 is 14.3 Å². The summed E-state index contributed by atoms with van der Waals surface area (Å²) in [4.78, 5) is 24.4. The molecule has 0 N–H and O–H groups in total. The highest BCUT2D eigenvalue weighted by Gasteiger charge is 2.33. The van der Waals surface area contributed by atoms with Crippen LogP contribution in [0.4, 0.5) is 0 Å². The van der Waals surface area contributed by atoms with E-state index in [9.17, 15) is 4.79 Å². The highest BCUT2D eigenvalue weighted by molar-refractivity contribution is 7.17. The first kappa shape index (κ1) is 16.6. The highest BCUT2D eigenvalue weighted by Crippen LogP contribution is 2.30. The first-order valence-electron chi connectivity index (χ1n) is 8.63. The predicted octanol–water partition coefficient (Wildman–Crippen LogP) is 2.74. The molecule has 2 aromatic heterocycles. The van der Waals surface area contributed by atoms with E-state index in [0.29, 0.717) is 24.0 Å². The lowest BCUT2D eigenvalue weighted by Gasteiger charge is -2.33. The van der Waals surface area contributed by atoms with Crippen LogP contribution >= 0.6 is 11.3 Å². The number of amides is 1. The lowest BCUT2D eigenvalue weighted by atomic mass is 9.96. The normalized spacial score (nSPS) is 19.5. The monoisotopic (exact) mass is 359 g/mol. The molecule has 0 spiro atoms. The number of rotatable bonds is 3. The van der Waals surface area contributed by atoms with Gasteiger partial charge in [0.1, 0.15) is 9.88 Å². The summed E-state index contributed by atoms with van der Waals surface area (Å²) < 4.78 is 11.2. The zero-order chi connectivity index (χ0) is 17.2. The van der Waals surface area contributed by atoms with Gasteiger partial charge in [0.15, 0.2) is 6.29 Å². The molecule has 6 nitrogen and oxygen atoms in total. The number of nitrogens with zero attached hydrogens (tertiary/aromatic N) is 3. The molecule has 0 aromatic carbocycles. The van der Waals surface area contributed by atoms with Crippen molar-refractivity contribution in [1.82, 2.24) is 14.9 Å². The first-order chi connectivity index (χ1) is 12.2. The Balaban J connectivity index is 1.44. The summed E-state index contributed by atoms with van der Waals surface area (Å²) in [6, 6.07) is 5.72. The van der Waals surface area contributed by atoms with Crippen molar-refractivity contribution in [3.8, 4) is 10.7 Å². The smallest absolute Gasteiger partial charge is 0.265 e. The van der Waals surface area contributed by atoms with Crippen LogP contribution in [0.2, 0.25) is 0 Å². The molecule has 0 bridgehead atoms. The second-order valence-electron chi connectivity index (χ2n) is 6.39. The van der Waals surface area contributed by atoms with Crippen LogP contribution in [0.5, 0.6) is 0 Å². The molecule has 0 saturated carbocycles. The highest BCUT2D eigenvalue weighted by atomic mass is 32.1. The minimum absolute atomic E-state index is 0.0730. The Morgan fingerprint density at radius 3 is 2.68 bits per heavy atom. The van der Waals surface area contributed by atoms with Crippen molar-refractivity contribution in [2.45, 2.75) is 26.1 Å². The van der Waals surface area contributed by atoms with E-state index in [0.717, 1.165) is 42.3 Å². The van der Waals surface area contributed by atoms with Gasteiger partial charge in [0.05, 0.1) is 24.6 Å². The van der Waals surface area contributed by atoms with Gasteiger partial charge in [-0.2, -0.15) is 0 Å². The number of ether oxygens (including phenoxy) is 2. The number of thiazole rings is 1. The van der Waals surface area contributed by atoms with E-state index in [4.69, 9.17) is 9.47 Å². The molecule has 2 aliphatic heterocycles. The van der Waals surface area contributed by atoms with Crippen LogP contribution in [0, 0.1) is 12.8 Å². The van der Waals surface area contributed by atoms with Crippen LogP contribution in [-0.4, -0.2) is 53.4 Å². The van der Waals surface area contributed by atoms with Crippen LogP contribution in [-0.2, 0) is 9.47 Å². The fraction of sp³-hybridized carbons (Fsp3) is 0.500. The van der Waals surface area contributed by atoms with Gasteiger partial charge in [0.25, 0.3) is 5.91 Å². The van der Waals surface area contributed by atoms with Crippen LogP contribution in [0.25, 0.3) is 10.7 Å². The Morgan fingerprint density at radius 2 is 2.00 bits per heavy atom. The maximum absolute atomic E-state index is 12.9. The molecule has 1 amide bonds. The summed E-state index contributed by atoms with van der Waals surface area (Å²) in [6.45, 7) is 4.73. The standard InChI is InChI=1S/C18H21N3O3S/c1-12-15(25-16(20-12)14-4-2-3-7-19-14)17(22)21-8-5-13(6-9-21)18-23-10-11-24-18/h2-4,7,13,18H,5-6,8-11H2,1H3. The predicted molar refractivity (Wildman–Crippen MR) is 94.4 cm³/mol. The molecule has 0 aliphatic carbocycles. The molecule has 2 aromatic rings. The summed E-state index contributed by atoms with van der Waals surface area (Å²) in [5, 5.41) is 0.795. The maximum Gasteiger partial charge on any atom is 0.265 e. The number of hydrogen-bond donors (Lipinski definition) is 0. The molecule has 2 aliphatic rings. The Hall–Kier alpha value is -1.83. The Morgan fingerprint density at radius 1 is 1.24 bits per heavy atom. The van der Waals surface area contributed by atoms with Crippen LogP contribution in [0.1, 0.15) is 28.2 Å². The minimum atomic E-state index is -0.0850. The molecule has 2 fully saturated rings. The number of pyridine rings is 1. The summed E-state index contributed by atoms with van der Waals surface area (Å²) in [5.41, 5.74) is 1.59. The molecule has 25 heavy (non-hydrogen) atoms. The van der Waals surface area contributed by atoms with E-state index in [1.807, 2.05) is 30.0 Å². The van der Waals surface area contributed by atoms with Crippen molar-refractivity contribution in [1.29, 1.82) is 0 Å². The molecule has 7 heteroatoms. The molecule has 4 heterocycles. The molecular weight excluding hydrogens is 338 g/mol. The van der Waals surface area contributed by atoms with Gasteiger partial charge in [-0.3, -0.25) is 9.78 Å². The van der Waals surface area contributed by atoms with E-state index in [1.165, 1.54) is 11.3 Å². The van der Waals surface area contributed by atoms with Crippen molar-refractivity contribution >= 4 is 17.2 Å². The summed E-state index contributed by atoms with van der Waals surface area (Å²) in [6.07, 6.45) is 3.49. The maximum atomic E-state index is 12.9. The third-order valence-electron chi connectivity index (χ3n) is 4.73. The molecule has 0 atom stereocenters. The molecule has 0 unspecified atom stereocenters. The van der Waals surface area contributed by atoms with Gasteiger partial charge >= 0.3 is 0 Å². The second kappa shape index (κ2) is 7.19. The summed E-state index contributed by atoms with van der Waals surface area (Å²) in [5.74, 6) is 0.460. The number of carbonyl (C=O) groups is 1. The minimum Gasteiger partial charge on any atom is -0.350 e. The van der Waals surface area contributed by atoms with E-state index >= 15 is 0 Å². The third kappa shape index (κ3) is 3.44. The number of aromatic nitrogens is 2. The number of likely N-dealkylation sites (tertiary alicyclic amines) is 1. The molecule has 2 saturated heterocycles. The third-order valence-corrected chi connectivity index (χ3v) is 5.90. The Kier molecular flexibility index (Phi) is 4.78. The molecule has 132 valence electrons. The SMILES string of the molecule is Cc1nc(-c2ccccn2)sc1C(=O)N1CCC(C2OCCO2)CC1. The van der Waals surface area contributed by atoms with Crippen molar-refractivity contribution in [3.63, 3.8) is 0 Å². The fourth-order valence-electron chi connectivity index (χ4n) is 3.36. The average molecular weight is 359 g/mol. The van der Waals surface area contributed by atoms with Gasteiger partial charge in [0.2, 0.25) is 0 Å². The van der Waals surface area contributed by atoms with Gasteiger partial charge in [-0.15, -0.1) is 11.3 Å². The van der Waals surface area contributed by atoms with Gasteiger partial charge in [-0.05, 0) is 31.9 Å². The van der Waals surface area contributed by atoms with E-state index in [-0.39, 0.29) is 12.2 Å². The summed E-state index contributed by atoms with van der Waals surface area (Å²) in [7, 11) is 0. The fourth-order valence-corrected chi connectivity index (χ4v) is 4.37. The zero-order valence-corrected chi connectivity index (χ0v) is 15.0. The van der Waals surface area contributed by atoms with Gasteiger partial charge in [-0.1, -0.05) is 6.07 Å². The first-order valence-corrected chi connectivity index (χ1v) is 9.45. The largest absolute Gasteiger partial charge is 0.350 e. The van der Waals surface area contributed by atoms with E-state index in [2.05, 4.69) is 9.97 Å². The lowest BCUT2D eigenvalue weighted by Crippen LogP contribution is -2.41. The second-order valence-corrected chi connectivity index (χ2v) is 7.39. The van der Waals surface area contributed by atoms with Crippen molar-refractivity contribution in [2.24, 2.45) is 5.92 Å². The topological polar surface area (TPSA) is 64.6 Å². The number of hydrogen-bond acceptors (Lipinski definition) is 6. The van der Waals surface area contributed by atoms with Gasteiger partial charge < -0.3 is 14.4 Å². The lowest BCUT2D eigenvalue weighted by molar-refractivity contribution is -0.0956. The number of piperidine rings is 1. The van der Waals surface area contributed by atoms with Crippen molar-refractivity contribution in [2.75, 3.05) is 26.3 Å². The summed E-state index contributed by atoms with van der Waals surface area (Å²) >= 11 is 1.43. The Bertz CT molecular complexity index is 735. The van der Waals surface area contributed by atoms with Crippen molar-refractivity contribution in [3.05, 3.63) is 35.0 Å². The van der Waals surface area contributed by atoms with E-state index < -0.39 is 0 Å². The van der Waals surface area contributed by atoms with Crippen LogP contribution < -0.4 is 0 Å². The quantitative estimate of drug-likeness (QED) is 0.843. The van der Waals surface area contributed by atoms with Gasteiger partial charge in [0, 0.05) is 25.2 Å². The zero-order valence-electron chi connectivity index (χ0n) is 14.2. The number of aryl methyl sites for hydroxylation is 1.